The third-order valence-electron chi connectivity index (χ3n) is 4.75. The minimum Gasteiger partial charge on any atom is -0.379 e. The number of carbonyl (C=O) groups is 1. The normalized spacial score (nSPS) is 15.0. The number of benzene rings is 1. The lowest BCUT2D eigenvalue weighted by molar-refractivity contribution is -0.126. The van der Waals surface area contributed by atoms with E-state index in [9.17, 15) is 4.79 Å². The fourth-order valence-electron chi connectivity index (χ4n) is 3.16. The predicted molar refractivity (Wildman–Crippen MR) is 115 cm³/mol. The Morgan fingerprint density at radius 1 is 1.18 bits per heavy atom. The topological polar surface area (TPSA) is 45.7 Å². The summed E-state index contributed by atoms with van der Waals surface area (Å²) in [5.41, 5.74) is 2.08. The molecular formula is C22H26BrN3O2. The van der Waals surface area contributed by atoms with Crippen LogP contribution < -0.4 is 0 Å². The molecular weight excluding hydrogens is 418 g/mol. The van der Waals surface area contributed by atoms with Crippen molar-refractivity contribution in [1.82, 2.24) is 14.8 Å². The molecule has 1 amide bonds. The van der Waals surface area contributed by atoms with Crippen molar-refractivity contribution in [3.05, 3.63) is 70.5 Å². The van der Waals surface area contributed by atoms with Gasteiger partial charge in [0.05, 0.1) is 13.2 Å². The van der Waals surface area contributed by atoms with Crippen molar-refractivity contribution in [2.75, 3.05) is 39.4 Å². The Labute approximate surface area is 175 Å². The number of hydrogen-bond donors (Lipinski definition) is 0. The maximum atomic E-state index is 12.9. The highest BCUT2D eigenvalue weighted by Crippen LogP contribution is 2.17. The Morgan fingerprint density at radius 3 is 2.68 bits per heavy atom. The van der Waals surface area contributed by atoms with Crippen molar-refractivity contribution >= 4 is 27.9 Å². The molecule has 0 spiro atoms. The van der Waals surface area contributed by atoms with Gasteiger partial charge in [0.2, 0.25) is 5.91 Å². The summed E-state index contributed by atoms with van der Waals surface area (Å²) in [6.07, 6.45) is 8.01. The molecule has 148 valence electrons. The third kappa shape index (κ3) is 6.55. The lowest BCUT2D eigenvalue weighted by atomic mass is 10.2. The second-order valence-electron chi connectivity index (χ2n) is 6.78. The highest BCUT2D eigenvalue weighted by atomic mass is 79.9. The van der Waals surface area contributed by atoms with Crippen LogP contribution in [0.4, 0.5) is 0 Å². The Balaban J connectivity index is 1.62. The second-order valence-corrected chi connectivity index (χ2v) is 7.63. The smallest absolute Gasteiger partial charge is 0.246 e. The molecule has 0 N–H and O–H groups in total. The summed E-state index contributed by atoms with van der Waals surface area (Å²) >= 11 is 3.52. The molecule has 5 nitrogen and oxygen atoms in total. The average molecular weight is 444 g/mol. The Bertz CT molecular complexity index is 776. The third-order valence-corrected chi connectivity index (χ3v) is 5.47. The zero-order chi connectivity index (χ0) is 19.6. The number of hydrogen-bond acceptors (Lipinski definition) is 4. The van der Waals surface area contributed by atoms with Crippen LogP contribution in [0, 0.1) is 0 Å². The van der Waals surface area contributed by atoms with Gasteiger partial charge in [-0.3, -0.25) is 14.7 Å². The molecule has 2 heterocycles. The zero-order valence-corrected chi connectivity index (χ0v) is 17.6. The number of nitrogens with zero attached hydrogens (tertiary/aromatic N) is 3. The van der Waals surface area contributed by atoms with Crippen molar-refractivity contribution in [2.24, 2.45) is 0 Å². The molecule has 2 aromatic rings. The Kier molecular flexibility index (Phi) is 8.21. The number of halogens is 1. The van der Waals surface area contributed by atoms with Crippen molar-refractivity contribution in [3.8, 4) is 0 Å². The molecule has 1 aromatic heterocycles. The van der Waals surface area contributed by atoms with E-state index in [-0.39, 0.29) is 5.91 Å². The van der Waals surface area contributed by atoms with Crippen molar-refractivity contribution in [3.63, 3.8) is 0 Å². The van der Waals surface area contributed by atoms with Crippen molar-refractivity contribution in [2.45, 2.75) is 13.0 Å². The van der Waals surface area contributed by atoms with Crippen LogP contribution in [0.3, 0.4) is 0 Å². The lowest BCUT2D eigenvalue weighted by Gasteiger charge is -2.28. The van der Waals surface area contributed by atoms with Crippen molar-refractivity contribution in [1.29, 1.82) is 0 Å². The van der Waals surface area contributed by atoms with E-state index >= 15 is 0 Å². The summed E-state index contributed by atoms with van der Waals surface area (Å²) < 4.78 is 6.38. The summed E-state index contributed by atoms with van der Waals surface area (Å²) in [6, 6.07) is 11.8. The molecule has 1 aliphatic heterocycles. The summed E-state index contributed by atoms with van der Waals surface area (Å²) in [5.74, 6) is 0.0227. The van der Waals surface area contributed by atoms with E-state index in [4.69, 9.17) is 4.74 Å². The van der Waals surface area contributed by atoms with Gasteiger partial charge in [-0.1, -0.05) is 34.1 Å². The van der Waals surface area contributed by atoms with Crippen LogP contribution in [-0.2, 0) is 16.1 Å². The van der Waals surface area contributed by atoms with E-state index in [1.165, 1.54) is 0 Å². The highest BCUT2D eigenvalue weighted by molar-refractivity contribution is 9.10. The number of rotatable bonds is 8. The van der Waals surface area contributed by atoms with Crippen LogP contribution in [-0.4, -0.2) is 60.1 Å². The fraction of sp³-hybridized carbons (Fsp3) is 0.364. The summed E-state index contributed by atoms with van der Waals surface area (Å²) in [6.45, 7) is 5.84. The molecule has 0 unspecified atom stereocenters. The number of carbonyl (C=O) groups excluding carboxylic acids is 1. The molecule has 3 rings (SSSR count). The first kappa shape index (κ1) is 20.7. The van der Waals surface area contributed by atoms with Crippen LogP contribution in [0.5, 0.6) is 0 Å². The summed E-state index contributed by atoms with van der Waals surface area (Å²) in [7, 11) is 0. The Morgan fingerprint density at radius 2 is 1.93 bits per heavy atom. The number of pyridine rings is 1. The molecule has 1 fully saturated rings. The summed E-state index contributed by atoms with van der Waals surface area (Å²) in [5, 5.41) is 0. The van der Waals surface area contributed by atoms with Crippen LogP contribution in [0.15, 0.2) is 59.3 Å². The highest BCUT2D eigenvalue weighted by Gasteiger charge is 2.14. The van der Waals surface area contributed by atoms with E-state index in [0.29, 0.717) is 6.54 Å². The second kappa shape index (κ2) is 11.1. The molecule has 0 saturated carbocycles. The van der Waals surface area contributed by atoms with E-state index < -0.39 is 0 Å². The van der Waals surface area contributed by atoms with Crippen LogP contribution in [0.2, 0.25) is 0 Å². The van der Waals surface area contributed by atoms with Crippen molar-refractivity contribution < 1.29 is 9.53 Å². The number of aromatic nitrogens is 1. The molecule has 6 heteroatoms. The minimum atomic E-state index is 0.0227. The maximum Gasteiger partial charge on any atom is 0.246 e. The molecule has 1 aliphatic rings. The van der Waals surface area contributed by atoms with Gasteiger partial charge in [0.1, 0.15) is 0 Å². The van der Waals surface area contributed by atoms with E-state index in [0.717, 1.165) is 61.4 Å². The average Bonchev–Trinajstić information content (AvgIpc) is 2.74. The number of amides is 1. The van der Waals surface area contributed by atoms with Gasteiger partial charge >= 0.3 is 0 Å². The van der Waals surface area contributed by atoms with Gasteiger partial charge in [-0.25, -0.2) is 0 Å². The quantitative estimate of drug-likeness (QED) is 0.584. The fourth-order valence-corrected chi connectivity index (χ4v) is 3.58. The first-order valence-electron chi connectivity index (χ1n) is 9.63. The molecule has 0 radical (unpaired) electrons. The zero-order valence-electron chi connectivity index (χ0n) is 16.0. The molecule has 0 bridgehead atoms. The predicted octanol–water partition coefficient (Wildman–Crippen LogP) is 3.61. The molecule has 0 atom stereocenters. The van der Waals surface area contributed by atoms with Gasteiger partial charge in [-0.15, -0.1) is 0 Å². The molecule has 1 aromatic carbocycles. The minimum absolute atomic E-state index is 0.0227. The maximum absolute atomic E-state index is 12.9. The van der Waals surface area contributed by atoms with Gasteiger partial charge in [-0.05, 0) is 41.8 Å². The standard InChI is InChI=1S/C22H26BrN3O2/c23-21-5-2-1-4-20(21)6-7-22(27)26(18-19-8-10-24-11-9-19)13-3-12-25-14-16-28-17-15-25/h1-2,4-11H,3,12-18H2/b7-6-. The van der Waals surface area contributed by atoms with Gasteiger partial charge in [-0.2, -0.15) is 0 Å². The number of morpholine rings is 1. The van der Waals surface area contributed by atoms with Crippen LogP contribution in [0.1, 0.15) is 17.5 Å². The largest absolute Gasteiger partial charge is 0.379 e. The molecule has 28 heavy (non-hydrogen) atoms. The Hall–Kier alpha value is -2.02. The van der Waals surface area contributed by atoms with E-state index in [1.807, 2.05) is 47.4 Å². The van der Waals surface area contributed by atoms with Gasteiger partial charge in [0.15, 0.2) is 0 Å². The van der Waals surface area contributed by atoms with Crippen LogP contribution >= 0.6 is 15.9 Å². The number of ether oxygens (including phenoxy) is 1. The first-order chi connectivity index (χ1) is 13.7. The summed E-state index contributed by atoms with van der Waals surface area (Å²) in [4.78, 5) is 21.3. The monoisotopic (exact) mass is 443 g/mol. The van der Waals surface area contributed by atoms with E-state index in [2.05, 4.69) is 25.8 Å². The van der Waals surface area contributed by atoms with Gasteiger partial charge < -0.3 is 9.64 Å². The first-order valence-corrected chi connectivity index (χ1v) is 10.4. The van der Waals surface area contributed by atoms with Gasteiger partial charge in [0, 0.05) is 55.7 Å². The van der Waals surface area contributed by atoms with Crippen LogP contribution in [0.25, 0.3) is 6.08 Å². The lowest BCUT2D eigenvalue weighted by Crippen LogP contribution is -2.38. The SMILES string of the molecule is O=C(/C=C\c1ccccc1Br)N(CCCN1CCOCC1)Cc1ccncc1. The van der Waals surface area contributed by atoms with Gasteiger partial charge in [0.25, 0.3) is 0 Å². The molecule has 0 aliphatic carbocycles. The molecule has 1 saturated heterocycles. The van der Waals surface area contributed by atoms with E-state index in [1.54, 1.807) is 18.5 Å².